The standard InChI is InChI=1S/C19H15N.C13H11N.C13H10.C2H6/c1-14-7-6-8-15(13-14)20-18-11-4-2-9-16(18)17-10-3-5-12-19(17)20;1-14-12-8-4-2-6-10(12)11-7-3-5-9-13(11)14;1-3-7-12-10(5-1)9-11-6-2-4-8-13(11)12;1-2/h2-13H,1H3;2-9H,1H3;1-8H,9H2;1-2H3. The molecule has 9 aromatic rings. The highest BCUT2D eigenvalue weighted by molar-refractivity contribution is 6.09. The molecule has 0 saturated heterocycles. The molecule has 240 valence electrons. The molecule has 0 spiro atoms. The molecule has 0 aliphatic heterocycles. The third-order valence-electron chi connectivity index (χ3n) is 9.37. The molecule has 7 aromatic carbocycles. The van der Waals surface area contributed by atoms with E-state index in [0.717, 1.165) is 6.42 Å². The molecule has 0 amide bonds. The second-order valence-corrected chi connectivity index (χ2v) is 12.3. The molecule has 2 nitrogen and oxygen atoms in total. The van der Waals surface area contributed by atoms with Crippen LogP contribution in [0.5, 0.6) is 0 Å². The first-order valence-electron chi connectivity index (χ1n) is 17.3. The molecule has 0 saturated carbocycles. The molecule has 0 atom stereocenters. The fraction of sp³-hybridized carbons (Fsp3) is 0.106. The van der Waals surface area contributed by atoms with Crippen LogP contribution in [0.1, 0.15) is 30.5 Å². The van der Waals surface area contributed by atoms with Crippen LogP contribution in [0.15, 0.2) is 170 Å². The topological polar surface area (TPSA) is 9.86 Å². The first-order chi connectivity index (χ1) is 24.2. The average molecular weight is 635 g/mol. The number of rotatable bonds is 1. The predicted molar refractivity (Wildman–Crippen MR) is 212 cm³/mol. The zero-order valence-electron chi connectivity index (χ0n) is 28.8. The highest BCUT2D eigenvalue weighted by atomic mass is 15.0. The Morgan fingerprint density at radius 1 is 0.408 bits per heavy atom. The number of fused-ring (bicyclic) bond motifs is 9. The van der Waals surface area contributed by atoms with Crippen LogP contribution < -0.4 is 0 Å². The summed E-state index contributed by atoms with van der Waals surface area (Å²) >= 11 is 0. The molecule has 0 N–H and O–H groups in total. The zero-order valence-corrected chi connectivity index (χ0v) is 28.8. The van der Waals surface area contributed by atoms with Crippen LogP contribution in [0, 0.1) is 6.92 Å². The van der Waals surface area contributed by atoms with Gasteiger partial charge >= 0.3 is 0 Å². The lowest BCUT2D eigenvalue weighted by Crippen LogP contribution is -1.93. The van der Waals surface area contributed by atoms with Crippen molar-refractivity contribution in [3.63, 3.8) is 0 Å². The maximum Gasteiger partial charge on any atom is 0.0541 e. The Morgan fingerprint density at radius 3 is 1.27 bits per heavy atom. The maximum atomic E-state index is 2.34. The summed E-state index contributed by atoms with van der Waals surface area (Å²) in [4.78, 5) is 0. The van der Waals surface area contributed by atoms with E-state index in [1.807, 2.05) is 13.8 Å². The van der Waals surface area contributed by atoms with Gasteiger partial charge in [-0.25, -0.2) is 0 Å². The van der Waals surface area contributed by atoms with Crippen LogP contribution in [0.4, 0.5) is 0 Å². The first kappa shape index (κ1) is 31.7. The summed E-state index contributed by atoms with van der Waals surface area (Å²) in [5.74, 6) is 0. The van der Waals surface area contributed by atoms with Crippen molar-refractivity contribution in [1.82, 2.24) is 9.13 Å². The quantitative estimate of drug-likeness (QED) is 0.170. The largest absolute Gasteiger partial charge is 0.344 e. The molecular weight excluding hydrogens is 593 g/mol. The smallest absolute Gasteiger partial charge is 0.0541 e. The van der Waals surface area contributed by atoms with E-state index in [1.165, 1.54) is 77.1 Å². The fourth-order valence-corrected chi connectivity index (χ4v) is 7.16. The van der Waals surface area contributed by atoms with E-state index in [0.29, 0.717) is 0 Å². The van der Waals surface area contributed by atoms with Gasteiger partial charge < -0.3 is 9.13 Å². The molecule has 0 radical (unpaired) electrons. The molecule has 10 rings (SSSR count). The zero-order chi connectivity index (χ0) is 33.7. The Bertz CT molecular complexity index is 2380. The number of aryl methyl sites for hydroxylation is 2. The fourth-order valence-electron chi connectivity index (χ4n) is 7.16. The van der Waals surface area contributed by atoms with E-state index < -0.39 is 0 Å². The monoisotopic (exact) mass is 634 g/mol. The molecule has 1 aliphatic rings. The summed E-state index contributed by atoms with van der Waals surface area (Å²) in [6, 6.07) is 60.2. The van der Waals surface area contributed by atoms with Crippen molar-refractivity contribution in [2.24, 2.45) is 7.05 Å². The van der Waals surface area contributed by atoms with Crippen molar-refractivity contribution in [3.8, 4) is 16.8 Å². The van der Waals surface area contributed by atoms with Gasteiger partial charge in [0.1, 0.15) is 0 Å². The van der Waals surface area contributed by atoms with Gasteiger partial charge in [0.2, 0.25) is 0 Å². The summed E-state index contributed by atoms with van der Waals surface area (Å²) < 4.78 is 4.59. The van der Waals surface area contributed by atoms with E-state index in [4.69, 9.17) is 0 Å². The van der Waals surface area contributed by atoms with E-state index in [9.17, 15) is 0 Å². The van der Waals surface area contributed by atoms with Crippen LogP contribution in [-0.2, 0) is 13.5 Å². The summed E-state index contributed by atoms with van der Waals surface area (Å²) in [6.45, 7) is 6.14. The van der Waals surface area contributed by atoms with Crippen LogP contribution >= 0.6 is 0 Å². The Kier molecular flexibility index (Phi) is 9.12. The van der Waals surface area contributed by atoms with Crippen molar-refractivity contribution in [2.75, 3.05) is 0 Å². The Labute approximate surface area is 289 Å². The lowest BCUT2D eigenvalue weighted by molar-refractivity contribution is 1.01. The molecule has 0 fully saturated rings. The van der Waals surface area contributed by atoms with Crippen molar-refractivity contribution < 1.29 is 0 Å². The van der Waals surface area contributed by atoms with Crippen molar-refractivity contribution >= 4 is 43.6 Å². The third kappa shape index (κ3) is 6.03. The minimum atomic E-state index is 1.10. The van der Waals surface area contributed by atoms with Crippen LogP contribution in [0.2, 0.25) is 0 Å². The molecular formula is C47H42N2. The van der Waals surface area contributed by atoms with Gasteiger partial charge in [0.25, 0.3) is 0 Å². The summed E-state index contributed by atoms with van der Waals surface area (Å²) in [7, 11) is 2.12. The van der Waals surface area contributed by atoms with Gasteiger partial charge in [0, 0.05) is 45.3 Å². The minimum Gasteiger partial charge on any atom is -0.344 e. The van der Waals surface area contributed by atoms with E-state index in [2.05, 4.69) is 193 Å². The molecule has 1 aliphatic carbocycles. The highest BCUT2D eigenvalue weighted by Crippen LogP contribution is 2.36. The number of para-hydroxylation sites is 4. The Hall–Kier alpha value is -5.86. The highest BCUT2D eigenvalue weighted by Gasteiger charge is 2.16. The minimum absolute atomic E-state index is 1.10. The Balaban J connectivity index is 0.000000116. The molecule has 0 unspecified atom stereocenters. The summed E-state index contributed by atoms with van der Waals surface area (Å²) in [6.07, 6.45) is 1.10. The molecule has 49 heavy (non-hydrogen) atoms. The number of nitrogens with zero attached hydrogens (tertiary/aromatic N) is 2. The normalized spacial score (nSPS) is 11.2. The van der Waals surface area contributed by atoms with Gasteiger partial charge in [-0.2, -0.15) is 0 Å². The van der Waals surface area contributed by atoms with E-state index in [1.54, 1.807) is 0 Å². The van der Waals surface area contributed by atoms with Crippen molar-refractivity contribution in [1.29, 1.82) is 0 Å². The summed E-state index contributed by atoms with van der Waals surface area (Å²) in [5.41, 5.74) is 13.4. The van der Waals surface area contributed by atoms with Gasteiger partial charge in [0.15, 0.2) is 0 Å². The number of hydrogen-bond acceptors (Lipinski definition) is 0. The van der Waals surface area contributed by atoms with Crippen LogP contribution in [0.25, 0.3) is 60.4 Å². The second-order valence-electron chi connectivity index (χ2n) is 12.3. The van der Waals surface area contributed by atoms with Crippen molar-refractivity contribution in [2.45, 2.75) is 27.2 Å². The van der Waals surface area contributed by atoms with Gasteiger partial charge in [-0.05, 0) is 77.6 Å². The lowest BCUT2D eigenvalue weighted by atomic mass is 10.1. The van der Waals surface area contributed by atoms with Gasteiger partial charge in [-0.1, -0.05) is 147 Å². The average Bonchev–Trinajstić information content (AvgIpc) is 3.81. The van der Waals surface area contributed by atoms with E-state index >= 15 is 0 Å². The van der Waals surface area contributed by atoms with Crippen LogP contribution in [-0.4, -0.2) is 9.13 Å². The Morgan fingerprint density at radius 2 is 0.796 bits per heavy atom. The van der Waals surface area contributed by atoms with Crippen LogP contribution in [0.3, 0.4) is 0 Å². The number of aromatic nitrogens is 2. The van der Waals surface area contributed by atoms with Gasteiger partial charge in [-0.3, -0.25) is 0 Å². The predicted octanol–water partition coefficient (Wildman–Crippen LogP) is 12.7. The first-order valence-corrected chi connectivity index (χ1v) is 17.3. The third-order valence-corrected chi connectivity index (χ3v) is 9.37. The SMILES string of the molecule is CC.Cc1cccc(-n2c3ccccc3c3ccccc32)c1.Cn1c2ccccc2c2ccccc21.c1ccc2c(c1)Cc1ccccc1-2. The number of benzene rings is 7. The molecule has 2 heteroatoms. The maximum absolute atomic E-state index is 2.34. The molecule has 2 aromatic heterocycles. The van der Waals surface area contributed by atoms with Gasteiger partial charge in [-0.15, -0.1) is 0 Å². The molecule has 2 heterocycles. The van der Waals surface area contributed by atoms with E-state index in [-0.39, 0.29) is 0 Å². The second kappa shape index (κ2) is 14.1. The summed E-state index contributed by atoms with van der Waals surface area (Å²) in [5, 5.41) is 5.30. The van der Waals surface area contributed by atoms with Crippen molar-refractivity contribution in [3.05, 3.63) is 187 Å². The molecule has 0 bridgehead atoms. The number of hydrogen-bond donors (Lipinski definition) is 0. The van der Waals surface area contributed by atoms with Gasteiger partial charge in [0.05, 0.1) is 11.0 Å². The lowest BCUT2D eigenvalue weighted by Gasteiger charge is -2.08.